The van der Waals surface area contributed by atoms with Crippen molar-refractivity contribution in [2.75, 3.05) is 24.5 Å². The zero-order valence-corrected chi connectivity index (χ0v) is 15.8. The molecule has 1 aliphatic rings. The molecule has 140 valence electrons. The van der Waals surface area contributed by atoms with E-state index in [2.05, 4.69) is 37.9 Å². The fraction of sp³-hybridized carbons (Fsp3) is 0.550. The van der Waals surface area contributed by atoms with Crippen molar-refractivity contribution < 1.29 is 4.79 Å². The van der Waals surface area contributed by atoms with Crippen LogP contribution in [0.3, 0.4) is 0 Å². The molecule has 1 saturated heterocycles. The first kappa shape index (κ1) is 18.4. The van der Waals surface area contributed by atoms with E-state index < -0.39 is 0 Å². The van der Waals surface area contributed by atoms with Gasteiger partial charge in [-0.05, 0) is 38.3 Å². The third-order valence-corrected chi connectivity index (χ3v) is 5.03. The van der Waals surface area contributed by atoms with Gasteiger partial charge in [-0.25, -0.2) is 9.97 Å². The highest BCUT2D eigenvalue weighted by molar-refractivity contribution is 5.94. The Kier molecular flexibility index (Phi) is 6.26. The van der Waals surface area contributed by atoms with E-state index in [9.17, 15) is 4.79 Å². The van der Waals surface area contributed by atoms with Crippen LogP contribution in [0.4, 0.5) is 5.82 Å². The van der Waals surface area contributed by atoms with Gasteiger partial charge in [0.1, 0.15) is 11.6 Å². The van der Waals surface area contributed by atoms with Crippen LogP contribution in [0.2, 0.25) is 0 Å². The van der Waals surface area contributed by atoms with Gasteiger partial charge in [-0.1, -0.05) is 13.3 Å². The van der Waals surface area contributed by atoms with E-state index >= 15 is 0 Å². The number of piperidine rings is 1. The molecule has 3 heterocycles. The second-order valence-corrected chi connectivity index (χ2v) is 6.86. The van der Waals surface area contributed by atoms with Gasteiger partial charge in [0.2, 0.25) is 0 Å². The first-order valence-corrected chi connectivity index (χ1v) is 9.73. The molecule has 1 amide bonds. The number of carbonyl (C=O) groups is 1. The van der Waals surface area contributed by atoms with Crippen LogP contribution in [0, 0.1) is 0 Å². The minimum absolute atomic E-state index is 0.0380. The summed E-state index contributed by atoms with van der Waals surface area (Å²) in [7, 11) is 0. The molecule has 1 aliphatic heterocycles. The Hall–Kier alpha value is -2.37. The first-order valence-electron chi connectivity index (χ1n) is 9.73. The summed E-state index contributed by atoms with van der Waals surface area (Å²) < 4.78 is 2.32. The number of rotatable bonds is 7. The zero-order valence-electron chi connectivity index (χ0n) is 15.8. The highest BCUT2D eigenvalue weighted by Crippen LogP contribution is 2.29. The minimum atomic E-state index is -0.0380. The number of nitrogens with zero attached hydrogens (tertiary/aromatic N) is 4. The molecule has 0 aromatic carbocycles. The maximum Gasteiger partial charge on any atom is 0.251 e. The van der Waals surface area contributed by atoms with Crippen LogP contribution in [0.25, 0.3) is 0 Å². The topological polar surface area (TPSA) is 63.1 Å². The molecule has 0 aliphatic carbocycles. The number of hydrogen-bond donors (Lipinski definition) is 1. The Morgan fingerprint density at radius 2 is 2.04 bits per heavy atom. The minimum Gasteiger partial charge on any atom is -0.357 e. The van der Waals surface area contributed by atoms with E-state index in [4.69, 9.17) is 0 Å². The van der Waals surface area contributed by atoms with Crippen molar-refractivity contribution >= 4 is 11.7 Å². The molecule has 0 atom stereocenters. The van der Waals surface area contributed by atoms with Gasteiger partial charge < -0.3 is 14.8 Å². The van der Waals surface area contributed by atoms with Gasteiger partial charge in [0.15, 0.2) is 0 Å². The van der Waals surface area contributed by atoms with Crippen LogP contribution in [0.1, 0.15) is 61.6 Å². The second kappa shape index (κ2) is 8.83. The number of hydrogen-bond acceptors (Lipinski definition) is 4. The Balaban J connectivity index is 1.63. The quantitative estimate of drug-likeness (QED) is 0.828. The van der Waals surface area contributed by atoms with Gasteiger partial charge in [0, 0.05) is 56.3 Å². The predicted octanol–water partition coefficient (Wildman–Crippen LogP) is 3.21. The number of carbonyl (C=O) groups excluding carboxylic acids is 1. The highest BCUT2D eigenvalue weighted by atomic mass is 16.1. The van der Waals surface area contributed by atoms with Crippen molar-refractivity contribution in [3.63, 3.8) is 0 Å². The number of imidazole rings is 1. The summed E-state index contributed by atoms with van der Waals surface area (Å²) in [5.74, 6) is 2.58. The number of aryl methyl sites for hydroxylation is 1. The molecule has 6 nitrogen and oxygen atoms in total. The monoisotopic (exact) mass is 355 g/mol. The normalized spacial score (nSPS) is 15.2. The molecule has 0 saturated carbocycles. The summed E-state index contributed by atoms with van der Waals surface area (Å²) in [6.45, 7) is 7.72. The SMILES string of the molecule is CCCCn1ccnc1C1CCN(c2cc(C(=O)NCC)ccn2)CC1. The molecular formula is C20H29N5O. The molecule has 0 radical (unpaired) electrons. The van der Waals surface area contributed by atoms with E-state index in [-0.39, 0.29) is 5.91 Å². The zero-order chi connectivity index (χ0) is 18.4. The third kappa shape index (κ3) is 4.23. The van der Waals surface area contributed by atoms with Gasteiger partial charge in [-0.15, -0.1) is 0 Å². The molecular weight excluding hydrogens is 326 g/mol. The average molecular weight is 355 g/mol. The summed E-state index contributed by atoms with van der Waals surface area (Å²) in [5, 5.41) is 2.84. The van der Waals surface area contributed by atoms with Crippen molar-refractivity contribution in [2.45, 2.75) is 52.0 Å². The van der Waals surface area contributed by atoms with Crippen LogP contribution in [0.15, 0.2) is 30.7 Å². The Morgan fingerprint density at radius 3 is 2.77 bits per heavy atom. The number of nitrogens with one attached hydrogen (secondary N) is 1. The number of anilines is 1. The molecule has 3 rings (SSSR count). The van der Waals surface area contributed by atoms with Crippen molar-refractivity contribution in [1.82, 2.24) is 19.9 Å². The van der Waals surface area contributed by atoms with Crippen molar-refractivity contribution in [2.24, 2.45) is 0 Å². The van der Waals surface area contributed by atoms with Crippen molar-refractivity contribution in [3.05, 3.63) is 42.1 Å². The van der Waals surface area contributed by atoms with Crippen LogP contribution in [-0.4, -0.2) is 40.1 Å². The van der Waals surface area contributed by atoms with Crippen LogP contribution in [0.5, 0.6) is 0 Å². The van der Waals surface area contributed by atoms with Crippen molar-refractivity contribution in [1.29, 1.82) is 0 Å². The summed E-state index contributed by atoms with van der Waals surface area (Å²) in [4.78, 5) is 23.4. The maximum absolute atomic E-state index is 12.0. The lowest BCUT2D eigenvalue weighted by Crippen LogP contribution is -2.34. The Labute approximate surface area is 155 Å². The maximum atomic E-state index is 12.0. The fourth-order valence-corrected chi connectivity index (χ4v) is 3.56. The van der Waals surface area contributed by atoms with Crippen LogP contribution < -0.4 is 10.2 Å². The van der Waals surface area contributed by atoms with E-state index in [0.717, 1.165) is 38.3 Å². The highest BCUT2D eigenvalue weighted by Gasteiger charge is 2.24. The molecule has 0 bridgehead atoms. The summed E-state index contributed by atoms with van der Waals surface area (Å²) in [6.07, 6.45) is 10.3. The van der Waals surface area contributed by atoms with Crippen LogP contribution in [-0.2, 0) is 6.54 Å². The molecule has 1 N–H and O–H groups in total. The summed E-state index contributed by atoms with van der Waals surface area (Å²) in [6, 6.07) is 3.67. The smallest absolute Gasteiger partial charge is 0.251 e. The molecule has 0 spiro atoms. The lowest BCUT2D eigenvalue weighted by Gasteiger charge is -2.32. The van der Waals surface area contributed by atoms with E-state index in [0.29, 0.717) is 18.0 Å². The lowest BCUT2D eigenvalue weighted by atomic mass is 9.95. The first-order chi connectivity index (χ1) is 12.7. The lowest BCUT2D eigenvalue weighted by molar-refractivity contribution is 0.0955. The standard InChI is InChI=1S/C20H29N5O/c1-3-5-11-25-14-10-23-19(25)16-7-12-24(13-8-16)18-15-17(6-9-22-18)20(26)21-4-2/h6,9-10,14-16H,3-5,7-8,11-13H2,1-2H3,(H,21,26). The van der Waals surface area contributed by atoms with Crippen molar-refractivity contribution in [3.8, 4) is 0 Å². The van der Waals surface area contributed by atoms with Gasteiger partial charge in [0.25, 0.3) is 5.91 Å². The van der Waals surface area contributed by atoms with Gasteiger partial charge in [0.05, 0.1) is 0 Å². The van der Waals surface area contributed by atoms with Gasteiger partial charge in [-0.3, -0.25) is 4.79 Å². The number of amides is 1. The second-order valence-electron chi connectivity index (χ2n) is 6.86. The van der Waals surface area contributed by atoms with Crippen LogP contribution >= 0.6 is 0 Å². The number of pyridine rings is 1. The Morgan fingerprint density at radius 1 is 1.23 bits per heavy atom. The van der Waals surface area contributed by atoms with E-state index in [1.807, 2.05) is 19.2 Å². The average Bonchev–Trinajstić information content (AvgIpc) is 3.15. The third-order valence-electron chi connectivity index (χ3n) is 5.03. The van der Waals surface area contributed by atoms with E-state index in [1.165, 1.54) is 18.7 Å². The van der Waals surface area contributed by atoms with Gasteiger partial charge in [-0.2, -0.15) is 0 Å². The molecule has 26 heavy (non-hydrogen) atoms. The molecule has 0 unspecified atom stereocenters. The fourth-order valence-electron chi connectivity index (χ4n) is 3.56. The number of unbranched alkanes of at least 4 members (excludes halogenated alkanes) is 1. The Bertz CT molecular complexity index is 718. The molecule has 2 aromatic heterocycles. The van der Waals surface area contributed by atoms with Gasteiger partial charge >= 0.3 is 0 Å². The number of aromatic nitrogens is 3. The molecule has 1 fully saturated rings. The summed E-state index contributed by atoms with van der Waals surface area (Å²) >= 11 is 0. The molecule has 6 heteroatoms. The van der Waals surface area contributed by atoms with E-state index in [1.54, 1.807) is 12.3 Å². The summed E-state index contributed by atoms with van der Waals surface area (Å²) in [5.41, 5.74) is 0.675. The predicted molar refractivity (Wildman–Crippen MR) is 104 cm³/mol. The molecule has 2 aromatic rings. The largest absolute Gasteiger partial charge is 0.357 e.